The molecule has 0 spiro atoms. The summed E-state index contributed by atoms with van der Waals surface area (Å²) in [5, 5.41) is 0. The van der Waals surface area contributed by atoms with Crippen molar-refractivity contribution in [3.05, 3.63) is 41.6 Å². The number of carbonyl (C=O) groups is 1. The Labute approximate surface area is 82.0 Å². The lowest BCUT2D eigenvalue weighted by Gasteiger charge is -2.01. The van der Waals surface area contributed by atoms with Gasteiger partial charge in [0.2, 0.25) is 0 Å². The molecule has 0 fully saturated rings. The van der Waals surface area contributed by atoms with Crippen LogP contribution in [0.1, 0.15) is 15.9 Å². The van der Waals surface area contributed by atoms with E-state index in [0.717, 1.165) is 5.56 Å². The summed E-state index contributed by atoms with van der Waals surface area (Å²) in [6, 6.07) is 7.21. The minimum atomic E-state index is -0.0876. The molecule has 0 bridgehead atoms. The molecule has 3 heteroatoms. The zero-order valence-electron chi connectivity index (χ0n) is 7.03. The fourth-order valence-electron chi connectivity index (χ4n) is 1.07. The number of nitrogens with two attached hydrogens (primary N) is 1. The zero-order chi connectivity index (χ0) is 9.68. The monoisotopic (exact) mass is 195 g/mol. The Hall–Kier alpha value is -1.28. The molecular weight excluding hydrogens is 186 g/mol. The highest BCUT2D eigenvalue weighted by atomic mass is 35.5. The Balaban J connectivity index is 3.11. The van der Waals surface area contributed by atoms with E-state index in [-0.39, 0.29) is 11.7 Å². The Bertz CT molecular complexity index is 333. The summed E-state index contributed by atoms with van der Waals surface area (Å²) in [4.78, 5) is 11.3. The van der Waals surface area contributed by atoms with Crippen LogP contribution < -0.4 is 5.73 Å². The lowest BCUT2D eigenvalue weighted by Crippen LogP contribution is -2.02. The topological polar surface area (TPSA) is 43.1 Å². The Morgan fingerprint density at radius 3 is 2.77 bits per heavy atom. The molecule has 0 saturated carbocycles. The minimum Gasteiger partial charge on any atom is -0.405 e. The molecule has 0 radical (unpaired) electrons. The van der Waals surface area contributed by atoms with Gasteiger partial charge in [0.05, 0.1) is 5.88 Å². The van der Waals surface area contributed by atoms with Gasteiger partial charge >= 0.3 is 0 Å². The maximum absolute atomic E-state index is 11.3. The van der Waals surface area contributed by atoms with Crippen molar-refractivity contribution in [1.29, 1.82) is 0 Å². The van der Waals surface area contributed by atoms with Crippen molar-refractivity contribution in [1.82, 2.24) is 0 Å². The Morgan fingerprint density at radius 1 is 1.46 bits per heavy atom. The number of Topliss-reactive ketones (excluding diaryl/α,β-unsaturated/α-hetero) is 1. The molecule has 1 aromatic carbocycles. The highest BCUT2D eigenvalue weighted by Crippen LogP contribution is 2.11. The second-order valence-corrected chi connectivity index (χ2v) is 2.77. The molecule has 0 aliphatic rings. The number of alkyl halides is 1. The first-order valence-corrected chi connectivity index (χ1v) is 4.39. The van der Waals surface area contributed by atoms with Crippen LogP contribution in [0.2, 0.25) is 0 Å². The molecule has 13 heavy (non-hydrogen) atoms. The summed E-state index contributed by atoms with van der Waals surface area (Å²) in [6.45, 7) is 0. The van der Waals surface area contributed by atoms with Crippen LogP contribution in [0.4, 0.5) is 0 Å². The van der Waals surface area contributed by atoms with Gasteiger partial charge in [-0.2, -0.15) is 0 Å². The molecular formula is C10H10ClNO. The van der Waals surface area contributed by atoms with Gasteiger partial charge in [-0.3, -0.25) is 4.79 Å². The summed E-state index contributed by atoms with van der Waals surface area (Å²) >= 11 is 5.45. The molecule has 0 aliphatic heterocycles. The smallest absolute Gasteiger partial charge is 0.178 e. The molecule has 0 atom stereocenters. The number of halogens is 1. The van der Waals surface area contributed by atoms with Crippen molar-refractivity contribution in [2.24, 2.45) is 5.73 Å². The molecule has 68 valence electrons. The summed E-state index contributed by atoms with van der Waals surface area (Å²) in [6.07, 6.45) is 3.08. The van der Waals surface area contributed by atoms with Crippen LogP contribution >= 0.6 is 11.6 Å². The van der Waals surface area contributed by atoms with Crippen LogP contribution in [0.3, 0.4) is 0 Å². The largest absolute Gasteiger partial charge is 0.405 e. The Kier molecular flexibility index (Phi) is 3.53. The third-order valence-corrected chi connectivity index (χ3v) is 1.90. The van der Waals surface area contributed by atoms with Crippen LogP contribution in [-0.4, -0.2) is 11.7 Å². The van der Waals surface area contributed by atoms with Gasteiger partial charge in [0, 0.05) is 5.56 Å². The van der Waals surface area contributed by atoms with E-state index in [9.17, 15) is 4.79 Å². The number of benzene rings is 1. The average molecular weight is 196 g/mol. The average Bonchev–Trinajstić information content (AvgIpc) is 2.18. The number of ketones is 1. The van der Waals surface area contributed by atoms with E-state index in [1.54, 1.807) is 18.2 Å². The first-order valence-electron chi connectivity index (χ1n) is 3.86. The van der Waals surface area contributed by atoms with Crippen molar-refractivity contribution < 1.29 is 4.79 Å². The lowest BCUT2D eigenvalue weighted by atomic mass is 10.0. The van der Waals surface area contributed by atoms with Crippen LogP contribution in [0.15, 0.2) is 30.5 Å². The normalized spacial score (nSPS) is 10.5. The van der Waals surface area contributed by atoms with Gasteiger partial charge < -0.3 is 5.73 Å². The van der Waals surface area contributed by atoms with Gasteiger partial charge in [-0.15, -0.1) is 11.6 Å². The predicted octanol–water partition coefficient (Wildman–Crippen LogP) is 2.04. The zero-order valence-corrected chi connectivity index (χ0v) is 7.79. The van der Waals surface area contributed by atoms with Gasteiger partial charge in [0.25, 0.3) is 0 Å². The molecule has 0 aliphatic carbocycles. The van der Waals surface area contributed by atoms with E-state index in [4.69, 9.17) is 17.3 Å². The third-order valence-electron chi connectivity index (χ3n) is 1.66. The molecule has 1 rings (SSSR count). The number of hydrogen-bond acceptors (Lipinski definition) is 2. The standard InChI is InChI=1S/C10H10ClNO/c11-7-10(13)9-4-2-1-3-8(9)5-6-12/h1-6H,7,12H2. The molecule has 1 aromatic rings. The van der Waals surface area contributed by atoms with Gasteiger partial charge in [-0.05, 0) is 17.8 Å². The van der Waals surface area contributed by atoms with Crippen molar-refractivity contribution in [2.75, 3.05) is 5.88 Å². The lowest BCUT2D eigenvalue weighted by molar-refractivity contribution is 0.102. The molecule has 0 saturated heterocycles. The van der Waals surface area contributed by atoms with Crippen LogP contribution in [0, 0.1) is 0 Å². The van der Waals surface area contributed by atoms with E-state index in [2.05, 4.69) is 0 Å². The third kappa shape index (κ3) is 2.33. The highest BCUT2D eigenvalue weighted by molar-refractivity contribution is 6.30. The SMILES string of the molecule is NC=Cc1ccccc1C(=O)CCl. The predicted molar refractivity (Wildman–Crippen MR) is 54.7 cm³/mol. The van der Waals surface area contributed by atoms with E-state index >= 15 is 0 Å². The van der Waals surface area contributed by atoms with Gasteiger partial charge in [0.15, 0.2) is 5.78 Å². The van der Waals surface area contributed by atoms with Crippen molar-refractivity contribution in [2.45, 2.75) is 0 Å². The number of hydrogen-bond donors (Lipinski definition) is 1. The molecule has 0 unspecified atom stereocenters. The number of rotatable bonds is 3. The van der Waals surface area contributed by atoms with Crippen molar-refractivity contribution in [3.63, 3.8) is 0 Å². The second kappa shape index (κ2) is 4.67. The van der Waals surface area contributed by atoms with Crippen molar-refractivity contribution >= 4 is 23.5 Å². The molecule has 2 N–H and O–H groups in total. The van der Waals surface area contributed by atoms with E-state index in [0.29, 0.717) is 5.56 Å². The molecule has 0 aromatic heterocycles. The van der Waals surface area contributed by atoms with Crippen LogP contribution in [0.25, 0.3) is 6.08 Å². The fourth-order valence-corrected chi connectivity index (χ4v) is 1.22. The Morgan fingerprint density at radius 2 is 2.15 bits per heavy atom. The fraction of sp³-hybridized carbons (Fsp3) is 0.100. The quantitative estimate of drug-likeness (QED) is 0.593. The summed E-state index contributed by atoms with van der Waals surface area (Å²) in [5.74, 6) is -0.0922. The summed E-state index contributed by atoms with van der Waals surface area (Å²) in [5.41, 5.74) is 6.66. The molecule has 0 heterocycles. The van der Waals surface area contributed by atoms with Gasteiger partial charge in [-0.1, -0.05) is 24.3 Å². The summed E-state index contributed by atoms with van der Waals surface area (Å²) in [7, 11) is 0. The minimum absolute atomic E-state index is 0.00454. The maximum atomic E-state index is 11.3. The maximum Gasteiger partial charge on any atom is 0.178 e. The molecule has 0 amide bonds. The second-order valence-electron chi connectivity index (χ2n) is 2.50. The van der Waals surface area contributed by atoms with Crippen molar-refractivity contribution in [3.8, 4) is 0 Å². The molecule has 2 nitrogen and oxygen atoms in total. The van der Waals surface area contributed by atoms with Crippen LogP contribution in [-0.2, 0) is 0 Å². The number of carbonyl (C=O) groups excluding carboxylic acids is 1. The van der Waals surface area contributed by atoms with E-state index in [1.165, 1.54) is 6.20 Å². The summed E-state index contributed by atoms with van der Waals surface area (Å²) < 4.78 is 0. The van der Waals surface area contributed by atoms with Gasteiger partial charge in [-0.25, -0.2) is 0 Å². The highest BCUT2D eigenvalue weighted by Gasteiger charge is 2.06. The van der Waals surface area contributed by atoms with Crippen LogP contribution in [0.5, 0.6) is 0 Å². The van der Waals surface area contributed by atoms with E-state index in [1.807, 2.05) is 12.1 Å². The first-order chi connectivity index (χ1) is 6.29. The first kappa shape index (κ1) is 9.81. The van der Waals surface area contributed by atoms with E-state index < -0.39 is 0 Å². The van der Waals surface area contributed by atoms with Gasteiger partial charge in [0.1, 0.15) is 0 Å².